The summed E-state index contributed by atoms with van der Waals surface area (Å²) >= 11 is 0. The van der Waals surface area contributed by atoms with Crippen molar-refractivity contribution in [1.82, 2.24) is 5.32 Å². The first-order valence-corrected chi connectivity index (χ1v) is 8.79. The minimum Gasteiger partial charge on any atom is -0.362 e. The van der Waals surface area contributed by atoms with Crippen LogP contribution in [0.1, 0.15) is 36.0 Å². The number of hydrogen-bond acceptors (Lipinski definition) is 2. The molecule has 0 saturated carbocycles. The number of nitrogens with zero attached hydrogens (tertiary/aromatic N) is 1. The molecule has 126 valence electrons. The lowest BCUT2D eigenvalue weighted by atomic mass is 9.99. The first-order chi connectivity index (χ1) is 11.6. The fourth-order valence-electron chi connectivity index (χ4n) is 3.36. The Labute approximate surface area is 144 Å². The largest absolute Gasteiger partial charge is 0.362 e. The molecular formula is C21H26N2O. The van der Waals surface area contributed by atoms with E-state index in [0.29, 0.717) is 19.0 Å². The molecule has 0 aromatic heterocycles. The van der Waals surface area contributed by atoms with Gasteiger partial charge in [-0.2, -0.15) is 0 Å². The van der Waals surface area contributed by atoms with Crippen molar-refractivity contribution in [2.75, 3.05) is 24.5 Å². The van der Waals surface area contributed by atoms with E-state index in [4.69, 9.17) is 0 Å². The van der Waals surface area contributed by atoms with Crippen LogP contribution >= 0.6 is 0 Å². The number of rotatable bonds is 5. The Bertz CT molecular complexity index is 696. The van der Waals surface area contributed by atoms with Gasteiger partial charge >= 0.3 is 0 Å². The number of carbonyl (C=O) groups excluding carboxylic acids is 1. The van der Waals surface area contributed by atoms with Crippen LogP contribution in [0.3, 0.4) is 0 Å². The first kappa shape index (κ1) is 16.6. The Morgan fingerprint density at radius 3 is 2.79 bits per heavy atom. The van der Waals surface area contributed by atoms with E-state index in [-0.39, 0.29) is 5.91 Å². The molecule has 0 saturated heterocycles. The normalized spacial score (nSPS) is 14.8. The zero-order valence-corrected chi connectivity index (χ0v) is 14.6. The van der Waals surface area contributed by atoms with Gasteiger partial charge in [-0.15, -0.1) is 0 Å². The molecule has 3 nitrogen and oxygen atoms in total. The molecule has 1 amide bonds. The molecule has 0 spiro atoms. The van der Waals surface area contributed by atoms with E-state index in [1.165, 1.54) is 22.4 Å². The number of aryl methyl sites for hydroxylation is 2. The van der Waals surface area contributed by atoms with Crippen LogP contribution in [0.2, 0.25) is 0 Å². The van der Waals surface area contributed by atoms with Gasteiger partial charge in [0.2, 0.25) is 5.91 Å². The summed E-state index contributed by atoms with van der Waals surface area (Å²) in [6.07, 6.45) is 2.23. The van der Waals surface area contributed by atoms with Crippen LogP contribution in [0, 0.1) is 6.92 Å². The average molecular weight is 322 g/mol. The highest BCUT2D eigenvalue weighted by Gasteiger charge is 2.19. The van der Waals surface area contributed by atoms with Gasteiger partial charge in [-0.3, -0.25) is 4.79 Å². The molecule has 1 heterocycles. The summed E-state index contributed by atoms with van der Waals surface area (Å²) < 4.78 is 0. The van der Waals surface area contributed by atoms with E-state index >= 15 is 0 Å². The number of hydrogen-bond donors (Lipinski definition) is 1. The van der Waals surface area contributed by atoms with Gasteiger partial charge in [-0.05, 0) is 42.9 Å². The summed E-state index contributed by atoms with van der Waals surface area (Å²) in [5.41, 5.74) is 5.14. The van der Waals surface area contributed by atoms with Gasteiger partial charge < -0.3 is 10.2 Å². The van der Waals surface area contributed by atoms with Crippen molar-refractivity contribution in [2.24, 2.45) is 0 Å². The summed E-state index contributed by atoms with van der Waals surface area (Å²) in [5, 5.41) is 3.09. The molecule has 1 aliphatic heterocycles. The van der Waals surface area contributed by atoms with Crippen molar-refractivity contribution >= 4 is 11.6 Å². The number of benzene rings is 2. The third-order valence-electron chi connectivity index (χ3n) is 4.76. The van der Waals surface area contributed by atoms with Crippen molar-refractivity contribution in [2.45, 2.75) is 32.6 Å². The predicted molar refractivity (Wildman–Crippen MR) is 99.6 cm³/mol. The lowest BCUT2D eigenvalue weighted by molar-refractivity contribution is -0.119. The zero-order chi connectivity index (χ0) is 16.9. The number of nitrogens with one attached hydrogen (secondary N) is 1. The van der Waals surface area contributed by atoms with Crippen LogP contribution < -0.4 is 10.2 Å². The van der Waals surface area contributed by atoms with E-state index in [1.807, 2.05) is 18.2 Å². The highest BCUT2D eigenvalue weighted by atomic mass is 16.2. The fourth-order valence-corrected chi connectivity index (χ4v) is 3.36. The number of amides is 1. The minimum atomic E-state index is 0.103. The van der Waals surface area contributed by atoms with Crippen LogP contribution in [0.15, 0.2) is 48.5 Å². The lowest BCUT2D eigenvalue weighted by Crippen LogP contribution is -2.40. The Hall–Kier alpha value is -2.29. The Kier molecular flexibility index (Phi) is 5.19. The van der Waals surface area contributed by atoms with Crippen LogP contribution in [-0.2, 0) is 11.2 Å². The zero-order valence-electron chi connectivity index (χ0n) is 14.6. The quantitative estimate of drug-likeness (QED) is 0.911. The smallest absolute Gasteiger partial charge is 0.239 e. The van der Waals surface area contributed by atoms with Crippen molar-refractivity contribution in [3.05, 3.63) is 65.2 Å². The topological polar surface area (TPSA) is 32.3 Å². The van der Waals surface area contributed by atoms with Gasteiger partial charge in [0.25, 0.3) is 0 Å². The molecular weight excluding hydrogens is 296 g/mol. The molecule has 0 radical (unpaired) electrons. The summed E-state index contributed by atoms with van der Waals surface area (Å²) in [6.45, 7) is 6.35. The Morgan fingerprint density at radius 2 is 2.00 bits per heavy atom. The molecule has 1 aliphatic rings. The van der Waals surface area contributed by atoms with Crippen molar-refractivity contribution in [3.8, 4) is 0 Å². The second-order valence-electron chi connectivity index (χ2n) is 6.77. The second-order valence-corrected chi connectivity index (χ2v) is 6.77. The Morgan fingerprint density at radius 1 is 1.21 bits per heavy atom. The van der Waals surface area contributed by atoms with Gasteiger partial charge in [0.1, 0.15) is 0 Å². The third kappa shape index (κ3) is 3.97. The highest BCUT2D eigenvalue weighted by molar-refractivity contribution is 5.82. The van der Waals surface area contributed by atoms with Crippen LogP contribution in [0.5, 0.6) is 0 Å². The van der Waals surface area contributed by atoms with Crippen LogP contribution in [-0.4, -0.2) is 25.5 Å². The molecule has 24 heavy (non-hydrogen) atoms. The molecule has 2 aromatic rings. The maximum Gasteiger partial charge on any atom is 0.239 e. The van der Waals surface area contributed by atoms with Crippen LogP contribution in [0.4, 0.5) is 5.69 Å². The van der Waals surface area contributed by atoms with E-state index < -0.39 is 0 Å². The van der Waals surface area contributed by atoms with E-state index in [1.54, 1.807) is 0 Å². The van der Waals surface area contributed by atoms with Crippen LogP contribution in [0.25, 0.3) is 0 Å². The minimum absolute atomic E-state index is 0.103. The molecule has 3 heteroatoms. The molecule has 0 fully saturated rings. The van der Waals surface area contributed by atoms with E-state index in [2.05, 4.69) is 54.4 Å². The summed E-state index contributed by atoms with van der Waals surface area (Å²) in [5.74, 6) is 0.428. The molecule has 0 bridgehead atoms. The lowest BCUT2D eigenvalue weighted by Gasteiger charge is -2.31. The molecule has 0 unspecified atom stereocenters. The molecule has 1 atom stereocenters. The van der Waals surface area contributed by atoms with Gasteiger partial charge in [0.15, 0.2) is 0 Å². The van der Waals surface area contributed by atoms with Gasteiger partial charge in [0, 0.05) is 18.8 Å². The van der Waals surface area contributed by atoms with E-state index in [0.717, 1.165) is 19.4 Å². The fraction of sp³-hybridized carbons (Fsp3) is 0.381. The maximum absolute atomic E-state index is 12.4. The summed E-state index contributed by atoms with van der Waals surface area (Å²) in [6, 6.07) is 16.9. The number of anilines is 1. The van der Waals surface area contributed by atoms with Gasteiger partial charge in [0.05, 0.1) is 6.54 Å². The standard InChI is InChI=1S/C21H26N2O/c1-16-10-11-20-19(13-16)9-6-12-23(20)15-21(24)22-14-17(2)18-7-4-3-5-8-18/h3-5,7-8,10-11,13,17H,6,9,12,14-15H2,1-2H3,(H,22,24)/t17-/m0/s1. The predicted octanol–water partition coefficient (Wildman–Crippen LogP) is 3.67. The molecule has 1 N–H and O–H groups in total. The first-order valence-electron chi connectivity index (χ1n) is 8.79. The number of carbonyl (C=O) groups is 1. The number of fused-ring (bicyclic) bond motifs is 1. The van der Waals surface area contributed by atoms with Gasteiger partial charge in [-0.25, -0.2) is 0 Å². The molecule has 0 aliphatic carbocycles. The van der Waals surface area contributed by atoms with E-state index in [9.17, 15) is 4.79 Å². The summed E-state index contributed by atoms with van der Waals surface area (Å²) in [4.78, 5) is 14.6. The maximum atomic E-state index is 12.4. The van der Waals surface area contributed by atoms with Crippen molar-refractivity contribution in [3.63, 3.8) is 0 Å². The van der Waals surface area contributed by atoms with Gasteiger partial charge in [-0.1, -0.05) is 55.0 Å². The van der Waals surface area contributed by atoms with Crippen molar-refractivity contribution in [1.29, 1.82) is 0 Å². The summed E-state index contributed by atoms with van der Waals surface area (Å²) in [7, 11) is 0. The molecule has 3 rings (SSSR count). The average Bonchev–Trinajstić information content (AvgIpc) is 2.60. The highest BCUT2D eigenvalue weighted by Crippen LogP contribution is 2.27. The molecule has 2 aromatic carbocycles. The van der Waals surface area contributed by atoms with Crippen molar-refractivity contribution < 1.29 is 4.79 Å². The monoisotopic (exact) mass is 322 g/mol. The second kappa shape index (κ2) is 7.52. The SMILES string of the molecule is Cc1ccc2c(c1)CCCN2CC(=O)NC[C@H](C)c1ccccc1. The third-order valence-corrected chi connectivity index (χ3v) is 4.76. The Balaban J connectivity index is 1.56.